The summed E-state index contributed by atoms with van der Waals surface area (Å²) in [6.07, 6.45) is 0.660. The van der Waals surface area contributed by atoms with Crippen LogP contribution in [0.15, 0.2) is 0 Å². The molecular weight excluding hydrogens is 268 g/mol. The molecule has 2 N–H and O–H groups in total. The number of piperazine rings is 1. The molecule has 1 aromatic heterocycles. The van der Waals surface area contributed by atoms with Gasteiger partial charge in [-0.05, 0) is 20.4 Å². The van der Waals surface area contributed by atoms with Crippen molar-refractivity contribution in [2.24, 2.45) is 0 Å². The van der Waals surface area contributed by atoms with Gasteiger partial charge in [-0.1, -0.05) is 11.6 Å². The summed E-state index contributed by atoms with van der Waals surface area (Å²) in [7, 11) is 2.01. The van der Waals surface area contributed by atoms with Crippen molar-refractivity contribution in [1.82, 2.24) is 20.0 Å². The standard InChI is InChI=1S/C12H19ClN4O2/c1-8-10(13)11(15-14-8)12(19)17-5-4-16(2)9(7-17)3-6-18/h9,18H,3-7H2,1-2H3,(H,14,15). The fraction of sp³-hybridized carbons (Fsp3) is 0.667. The van der Waals surface area contributed by atoms with E-state index in [4.69, 9.17) is 16.7 Å². The van der Waals surface area contributed by atoms with Crippen molar-refractivity contribution >= 4 is 17.5 Å². The Kier molecular flexibility index (Phi) is 4.44. The van der Waals surface area contributed by atoms with Crippen molar-refractivity contribution in [2.45, 2.75) is 19.4 Å². The maximum Gasteiger partial charge on any atom is 0.276 e. The zero-order valence-corrected chi connectivity index (χ0v) is 11.9. The van der Waals surface area contributed by atoms with Gasteiger partial charge < -0.3 is 10.0 Å². The van der Waals surface area contributed by atoms with E-state index in [0.29, 0.717) is 30.2 Å². The van der Waals surface area contributed by atoms with Crippen LogP contribution in [0.5, 0.6) is 0 Å². The molecule has 0 aliphatic carbocycles. The van der Waals surface area contributed by atoms with Crippen LogP contribution in [-0.2, 0) is 0 Å². The molecule has 0 bridgehead atoms. The zero-order chi connectivity index (χ0) is 14.0. The first kappa shape index (κ1) is 14.3. The van der Waals surface area contributed by atoms with Gasteiger partial charge in [-0.3, -0.25) is 14.8 Å². The van der Waals surface area contributed by atoms with Gasteiger partial charge in [-0.25, -0.2) is 0 Å². The molecule has 7 heteroatoms. The lowest BCUT2D eigenvalue weighted by Crippen LogP contribution is -2.53. The monoisotopic (exact) mass is 286 g/mol. The number of likely N-dealkylation sites (N-methyl/N-ethyl adjacent to an activating group) is 1. The molecule has 19 heavy (non-hydrogen) atoms. The normalized spacial score (nSPS) is 20.8. The van der Waals surface area contributed by atoms with Crippen LogP contribution >= 0.6 is 11.6 Å². The predicted molar refractivity (Wildman–Crippen MR) is 72.4 cm³/mol. The average molecular weight is 287 g/mol. The highest BCUT2D eigenvalue weighted by Gasteiger charge is 2.29. The summed E-state index contributed by atoms with van der Waals surface area (Å²) in [6, 6.07) is 0.182. The number of hydrogen-bond acceptors (Lipinski definition) is 4. The largest absolute Gasteiger partial charge is 0.396 e. The van der Waals surface area contributed by atoms with E-state index >= 15 is 0 Å². The molecule has 1 unspecified atom stereocenters. The Morgan fingerprint density at radius 1 is 1.58 bits per heavy atom. The molecule has 1 atom stereocenters. The molecule has 1 aliphatic rings. The number of rotatable bonds is 3. The Morgan fingerprint density at radius 2 is 2.32 bits per heavy atom. The van der Waals surface area contributed by atoms with Crippen LogP contribution in [0.3, 0.4) is 0 Å². The number of aryl methyl sites for hydroxylation is 1. The Morgan fingerprint density at radius 3 is 2.89 bits per heavy atom. The highest BCUT2D eigenvalue weighted by molar-refractivity contribution is 6.34. The van der Waals surface area contributed by atoms with Gasteiger partial charge in [0.25, 0.3) is 5.91 Å². The summed E-state index contributed by atoms with van der Waals surface area (Å²) < 4.78 is 0. The summed E-state index contributed by atoms with van der Waals surface area (Å²) in [4.78, 5) is 16.3. The highest BCUT2D eigenvalue weighted by Crippen LogP contribution is 2.20. The van der Waals surface area contributed by atoms with Gasteiger partial charge in [0, 0.05) is 32.3 Å². The Labute approximate surface area is 117 Å². The van der Waals surface area contributed by atoms with Crippen LogP contribution in [0, 0.1) is 6.92 Å². The summed E-state index contributed by atoms with van der Waals surface area (Å²) in [6.45, 7) is 3.94. The lowest BCUT2D eigenvalue weighted by atomic mass is 10.1. The number of aliphatic hydroxyl groups excluding tert-OH is 1. The first-order valence-electron chi connectivity index (χ1n) is 6.35. The Bertz CT molecular complexity index is 463. The fourth-order valence-corrected chi connectivity index (χ4v) is 2.46. The van der Waals surface area contributed by atoms with Crippen molar-refractivity contribution in [3.8, 4) is 0 Å². The number of amides is 1. The maximum absolute atomic E-state index is 12.4. The molecule has 1 aliphatic heterocycles. The Balaban J connectivity index is 2.09. The molecule has 0 radical (unpaired) electrons. The van der Waals surface area contributed by atoms with E-state index in [1.165, 1.54) is 0 Å². The lowest BCUT2D eigenvalue weighted by Gasteiger charge is -2.39. The number of carbonyl (C=O) groups excluding carboxylic acids is 1. The third kappa shape index (κ3) is 2.91. The smallest absolute Gasteiger partial charge is 0.276 e. The van der Waals surface area contributed by atoms with Crippen LogP contribution in [0.4, 0.5) is 0 Å². The summed E-state index contributed by atoms with van der Waals surface area (Å²) >= 11 is 6.06. The molecule has 6 nitrogen and oxygen atoms in total. The van der Waals surface area contributed by atoms with E-state index < -0.39 is 0 Å². The van der Waals surface area contributed by atoms with Crippen molar-refractivity contribution in [1.29, 1.82) is 0 Å². The van der Waals surface area contributed by atoms with E-state index in [-0.39, 0.29) is 24.2 Å². The highest BCUT2D eigenvalue weighted by atomic mass is 35.5. The second kappa shape index (κ2) is 5.90. The van der Waals surface area contributed by atoms with Gasteiger partial charge in [-0.2, -0.15) is 5.10 Å². The number of carbonyl (C=O) groups is 1. The van der Waals surface area contributed by atoms with Gasteiger partial charge in [0.1, 0.15) is 0 Å². The molecule has 1 saturated heterocycles. The number of aliphatic hydroxyl groups is 1. The van der Waals surface area contributed by atoms with E-state index in [1.807, 2.05) is 7.05 Å². The first-order valence-corrected chi connectivity index (χ1v) is 6.73. The quantitative estimate of drug-likeness (QED) is 0.849. The molecule has 0 saturated carbocycles. The number of aromatic nitrogens is 2. The fourth-order valence-electron chi connectivity index (χ4n) is 2.30. The summed E-state index contributed by atoms with van der Waals surface area (Å²) in [5.74, 6) is -0.148. The minimum atomic E-state index is -0.148. The molecule has 1 fully saturated rings. The van der Waals surface area contributed by atoms with Crippen LogP contribution in [-0.4, -0.2) is 70.3 Å². The lowest BCUT2D eigenvalue weighted by molar-refractivity contribution is 0.0495. The van der Waals surface area contributed by atoms with Crippen molar-refractivity contribution in [2.75, 3.05) is 33.3 Å². The molecule has 0 aromatic carbocycles. The number of hydrogen-bond donors (Lipinski definition) is 2. The number of aromatic amines is 1. The topological polar surface area (TPSA) is 72.5 Å². The third-order valence-corrected chi connectivity index (χ3v) is 4.06. The molecule has 0 spiro atoms. The predicted octanol–water partition coefficient (Wildman–Crippen LogP) is 0.510. The third-order valence-electron chi connectivity index (χ3n) is 3.60. The summed E-state index contributed by atoms with van der Waals surface area (Å²) in [5.41, 5.74) is 0.984. The van der Waals surface area contributed by atoms with Gasteiger partial charge in [0.2, 0.25) is 0 Å². The van der Waals surface area contributed by atoms with Gasteiger partial charge >= 0.3 is 0 Å². The molecule has 2 rings (SSSR count). The Hall–Kier alpha value is -1.11. The minimum absolute atomic E-state index is 0.124. The first-order chi connectivity index (χ1) is 9.04. The molecule has 2 heterocycles. The van der Waals surface area contributed by atoms with Crippen LogP contribution < -0.4 is 0 Å². The van der Waals surface area contributed by atoms with Crippen LogP contribution in [0.1, 0.15) is 22.6 Å². The molecular formula is C12H19ClN4O2. The summed E-state index contributed by atoms with van der Waals surface area (Å²) in [5, 5.41) is 16.1. The van der Waals surface area contributed by atoms with Gasteiger partial charge in [0.05, 0.1) is 10.7 Å². The van der Waals surface area contributed by atoms with E-state index in [0.717, 1.165) is 6.54 Å². The van der Waals surface area contributed by atoms with Crippen LogP contribution in [0.2, 0.25) is 5.02 Å². The van der Waals surface area contributed by atoms with Gasteiger partial charge in [-0.15, -0.1) is 0 Å². The van der Waals surface area contributed by atoms with Crippen molar-refractivity contribution in [3.63, 3.8) is 0 Å². The molecule has 106 valence electrons. The number of nitrogens with zero attached hydrogens (tertiary/aromatic N) is 3. The average Bonchev–Trinajstić information content (AvgIpc) is 2.72. The molecule has 1 amide bonds. The molecule has 1 aromatic rings. The van der Waals surface area contributed by atoms with E-state index in [2.05, 4.69) is 15.1 Å². The van der Waals surface area contributed by atoms with Crippen molar-refractivity contribution < 1.29 is 9.90 Å². The zero-order valence-electron chi connectivity index (χ0n) is 11.2. The maximum atomic E-state index is 12.4. The minimum Gasteiger partial charge on any atom is -0.396 e. The number of halogens is 1. The second-order valence-electron chi connectivity index (χ2n) is 4.91. The van der Waals surface area contributed by atoms with Gasteiger partial charge in [0.15, 0.2) is 5.69 Å². The van der Waals surface area contributed by atoms with Crippen LogP contribution in [0.25, 0.3) is 0 Å². The van der Waals surface area contributed by atoms with E-state index in [1.54, 1.807) is 11.8 Å². The number of H-pyrrole nitrogens is 1. The van der Waals surface area contributed by atoms with Crippen molar-refractivity contribution in [3.05, 3.63) is 16.4 Å². The second-order valence-corrected chi connectivity index (χ2v) is 5.29. The van der Waals surface area contributed by atoms with E-state index in [9.17, 15) is 4.79 Å². The SMILES string of the molecule is Cc1[nH]nc(C(=O)N2CCN(C)C(CCO)C2)c1Cl. The number of nitrogens with one attached hydrogen (secondary N) is 1.